The van der Waals surface area contributed by atoms with E-state index in [1.807, 2.05) is 6.92 Å². The predicted octanol–water partition coefficient (Wildman–Crippen LogP) is 3.79. The fraction of sp³-hybridized carbons (Fsp3) is 0.800. The minimum atomic E-state index is -3.36. The van der Waals surface area contributed by atoms with Crippen LogP contribution in [0.1, 0.15) is 77.0 Å². The first-order valence-electron chi connectivity index (χ1n) is 12.1. The van der Waals surface area contributed by atoms with Gasteiger partial charge in [0.05, 0.1) is 11.4 Å². The van der Waals surface area contributed by atoms with Gasteiger partial charge in [0.2, 0.25) is 0 Å². The lowest BCUT2D eigenvalue weighted by Gasteiger charge is -2.60. The Kier molecular flexibility index (Phi) is 4.75. The molecule has 0 radical (unpaired) electrons. The maximum absolute atomic E-state index is 12.6. The predicted molar refractivity (Wildman–Crippen MR) is 121 cm³/mol. The van der Waals surface area contributed by atoms with Gasteiger partial charge in [-0.05, 0) is 92.4 Å². The van der Waals surface area contributed by atoms with Crippen LogP contribution in [0, 0.1) is 46.8 Å². The number of aliphatic hydroxyl groups is 1. The maximum Gasteiger partial charge on any atom is 0.253 e. The molecule has 7 atom stereocenters. The molecule has 0 unspecified atom stereocenters. The second-order valence-corrected chi connectivity index (χ2v) is 13.3. The van der Waals surface area contributed by atoms with Gasteiger partial charge in [-0.3, -0.25) is 0 Å². The topological polar surface area (TPSA) is 72.2 Å². The average Bonchev–Trinajstić information content (AvgIpc) is 3.25. The van der Waals surface area contributed by atoms with Gasteiger partial charge in [-0.1, -0.05) is 26.7 Å². The van der Waals surface area contributed by atoms with Crippen molar-refractivity contribution in [2.75, 3.05) is 5.75 Å². The molecular formula is C25H36N2O3S. The molecule has 1 aromatic heterocycles. The molecule has 0 spiro atoms. The third-order valence-corrected chi connectivity index (χ3v) is 11.8. The average molecular weight is 445 g/mol. The summed E-state index contributed by atoms with van der Waals surface area (Å²) in [5, 5.41) is 15.7. The highest BCUT2D eigenvalue weighted by Crippen LogP contribution is 2.67. The van der Waals surface area contributed by atoms with Gasteiger partial charge < -0.3 is 5.11 Å². The van der Waals surface area contributed by atoms with Gasteiger partial charge >= 0.3 is 0 Å². The molecule has 6 heteroatoms. The van der Waals surface area contributed by atoms with Crippen molar-refractivity contribution in [1.82, 2.24) is 9.19 Å². The summed E-state index contributed by atoms with van der Waals surface area (Å²) in [4.78, 5) is 0. The molecule has 0 amide bonds. The molecular weight excluding hydrogens is 408 g/mol. The van der Waals surface area contributed by atoms with E-state index >= 15 is 0 Å². The Bertz CT molecular complexity index is 1040. The van der Waals surface area contributed by atoms with Gasteiger partial charge in [-0.2, -0.15) is 9.19 Å². The van der Waals surface area contributed by atoms with Crippen LogP contribution in [0.5, 0.6) is 0 Å². The normalized spacial score (nSPS) is 44.0. The number of hydrogen-bond acceptors (Lipinski definition) is 4. The van der Waals surface area contributed by atoms with E-state index in [-0.39, 0.29) is 16.6 Å². The van der Waals surface area contributed by atoms with Crippen molar-refractivity contribution in [3.05, 3.63) is 17.5 Å². The molecule has 4 aliphatic carbocycles. The van der Waals surface area contributed by atoms with Crippen LogP contribution in [0.2, 0.25) is 0 Å². The lowest BCUT2D eigenvalue weighted by Crippen LogP contribution is -2.56. The van der Waals surface area contributed by atoms with E-state index in [9.17, 15) is 13.5 Å². The first kappa shape index (κ1) is 21.5. The first-order valence-corrected chi connectivity index (χ1v) is 13.7. The molecule has 0 aromatic carbocycles. The Morgan fingerprint density at radius 2 is 1.97 bits per heavy atom. The summed E-state index contributed by atoms with van der Waals surface area (Å²) in [5.74, 6) is 5.15. The lowest BCUT2D eigenvalue weighted by atomic mass is 9.44. The van der Waals surface area contributed by atoms with E-state index in [1.165, 1.54) is 10.5 Å². The van der Waals surface area contributed by atoms with Gasteiger partial charge in [0.15, 0.2) is 0 Å². The molecule has 0 saturated heterocycles. The van der Waals surface area contributed by atoms with Crippen molar-refractivity contribution < 1.29 is 13.5 Å². The van der Waals surface area contributed by atoms with Gasteiger partial charge in [0.25, 0.3) is 10.0 Å². The van der Waals surface area contributed by atoms with Crippen molar-refractivity contribution >= 4 is 10.0 Å². The SMILES string of the molecule is C#C[C@]1(O)CC[C@H]2[C@@H]3CC[C@H]4Cc5nn(S(=O)(=O)CCC)cc5C[C@]4(C)[C@H]3CC[C@@]21C. The Hall–Kier alpha value is -1.32. The quantitative estimate of drug-likeness (QED) is 0.720. The zero-order valence-electron chi connectivity index (χ0n) is 19.1. The highest BCUT2D eigenvalue weighted by atomic mass is 32.2. The van der Waals surface area contributed by atoms with Crippen molar-refractivity contribution in [3.8, 4) is 12.3 Å². The standard InChI is InChI=1S/C25H36N2O3S/c1-5-13-31(29,30)27-16-17-15-23(3)18(14-22(17)26-27)7-8-19-20(23)9-11-24(4)21(19)10-12-25(24,28)6-2/h2,16,18-21,28H,5,7-15H2,1,3-4H3/t18-,19+,20-,21-,23-,24-,25-/m0/s1. The summed E-state index contributed by atoms with van der Waals surface area (Å²) in [6, 6.07) is 0. The summed E-state index contributed by atoms with van der Waals surface area (Å²) < 4.78 is 26.4. The second kappa shape index (κ2) is 6.84. The van der Waals surface area contributed by atoms with Crippen LogP contribution in [0.4, 0.5) is 0 Å². The maximum atomic E-state index is 12.6. The van der Waals surface area contributed by atoms with Crippen LogP contribution in [0.3, 0.4) is 0 Å². The van der Waals surface area contributed by atoms with Crippen LogP contribution in [-0.4, -0.2) is 34.1 Å². The minimum Gasteiger partial charge on any atom is -0.377 e. The highest BCUT2D eigenvalue weighted by Gasteiger charge is 2.64. The Labute approximate surface area is 187 Å². The molecule has 170 valence electrons. The third kappa shape index (κ3) is 2.85. The Morgan fingerprint density at radius 3 is 2.68 bits per heavy atom. The second-order valence-electron chi connectivity index (χ2n) is 11.3. The molecule has 4 aliphatic rings. The number of fused-ring (bicyclic) bond motifs is 6. The fourth-order valence-electron chi connectivity index (χ4n) is 8.28. The molecule has 31 heavy (non-hydrogen) atoms. The largest absolute Gasteiger partial charge is 0.377 e. The van der Waals surface area contributed by atoms with E-state index < -0.39 is 15.6 Å². The first-order chi connectivity index (χ1) is 14.6. The Morgan fingerprint density at radius 1 is 1.23 bits per heavy atom. The molecule has 1 aromatic rings. The zero-order chi connectivity index (χ0) is 22.2. The van der Waals surface area contributed by atoms with E-state index in [2.05, 4.69) is 24.9 Å². The zero-order valence-corrected chi connectivity index (χ0v) is 19.9. The molecule has 5 rings (SSSR count). The molecule has 3 fully saturated rings. The van der Waals surface area contributed by atoms with Gasteiger partial charge in [0, 0.05) is 11.6 Å². The molecule has 0 aliphatic heterocycles. The van der Waals surface area contributed by atoms with Crippen LogP contribution in [0.15, 0.2) is 6.20 Å². The third-order valence-electron chi connectivity index (χ3n) is 10.1. The molecule has 0 bridgehead atoms. The smallest absolute Gasteiger partial charge is 0.253 e. The molecule has 5 nitrogen and oxygen atoms in total. The summed E-state index contributed by atoms with van der Waals surface area (Å²) >= 11 is 0. The highest BCUT2D eigenvalue weighted by molar-refractivity contribution is 7.89. The van der Waals surface area contributed by atoms with Crippen molar-refractivity contribution in [1.29, 1.82) is 0 Å². The lowest BCUT2D eigenvalue weighted by molar-refractivity contribution is -0.127. The number of nitrogens with zero attached hydrogens (tertiary/aromatic N) is 2. The number of hydrogen-bond donors (Lipinski definition) is 1. The number of terminal acetylenes is 1. The van der Waals surface area contributed by atoms with Crippen LogP contribution >= 0.6 is 0 Å². The van der Waals surface area contributed by atoms with E-state index in [4.69, 9.17) is 6.42 Å². The summed E-state index contributed by atoms with van der Waals surface area (Å²) in [5.41, 5.74) is 1.14. The van der Waals surface area contributed by atoms with Gasteiger partial charge in [-0.25, -0.2) is 8.42 Å². The van der Waals surface area contributed by atoms with Crippen LogP contribution in [-0.2, 0) is 22.9 Å². The van der Waals surface area contributed by atoms with Crippen molar-refractivity contribution in [2.24, 2.45) is 34.5 Å². The molecule has 1 heterocycles. The molecule has 3 saturated carbocycles. The summed E-state index contributed by atoms with van der Waals surface area (Å²) in [6.07, 6.45) is 16.2. The van der Waals surface area contributed by atoms with Crippen molar-refractivity contribution in [3.63, 3.8) is 0 Å². The van der Waals surface area contributed by atoms with Crippen LogP contribution in [0.25, 0.3) is 0 Å². The fourth-order valence-corrected chi connectivity index (χ4v) is 9.49. The summed E-state index contributed by atoms with van der Waals surface area (Å²) in [6.45, 7) is 6.56. The van der Waals surface area contributed by atoms with Gasteiger partial charge in [0.1, 0.15) is 5.60 Å². The summed E-state index contributed by atoms with van der Waals surface area (Å²) in [7, 11) is -3.36. The van der Waals surface area contributed by atoms with Crippen molar-refractivity contribution in [2.45, 2.75) is 84.2 Å². The number of rotatable bonds is 3. The van der Waals surface area contributed by atoms with Gasteiger partial charge in [-0.15, -0.1) is 6.42 Å². The van der Waals surface area contributed by atoms with Crippen LogP contribution < -0.4 is 0 Å². The van der Waals surface area contributed by atoms with E-state index in [1.54, 1.807) is 6.20 Å². The number of aromatic nitrogens is 2. The Balaban J connectivity index is 1.46. The monoisotopic (exact) mass is 444 g/mol. The van der Waals surface area contributed by atoms with E-state index in [0.717, 1.165) is 56.2 Å². The molecule has 1 N–H and O–H groups in total. The van der Waals surface area contributed by atoms with E-state index in [0.29, 0.717) is 30.1 Å². The minimum absolute atomic E-state index is 0.136.